The van der Waals surface area contributed by atoms with Crippen molar-refractivity contribution in [1.82, 2.24) is 5.32 Å². The Hall–Kier alpha value is -0.0800. The smallest absolute Gasteiger partial charge is 0.109 e. The minimum Gasteiger partial charge on any atom is -0.378 e. The monoisotopic (exact) mass is 173 g/mol. The summed E-state index contributed by atoms with van der Waals surface area (Å²) in [5.41, 5.74) is -0.0802. The van der Waals surface area contributed by atoms with Crippen LogP contribution in [0.25, 0.3) is 0 Å². The number of aliphatic hydroxyl groups is 1. The third kappa shape index (κ3) is 4.07. The van der Waals surface area contributed by atoms with Gasteiger partial charge in [-0.25, -0.2) is 0 Å². The molecular weight excluding hydrogens is 150 g/mol. The van der Waals surface area contributed by atoms with Crippen LogP contribution in [0.5, 0.6) is 0 Å². The molecule has 2 unspecified atom stereocenters. The molecule has 0 saturated carbocycles. The van der Waals surface area contributed by atoms with Gasteiger partial charge in [-0.3, -0.25) is 5.32 Å². The Bertz CT molecular complexity index is 126. The van der Waals surface area contributed by atoms with Gasteiger partial charge in [0, 0.05) is 11.5 Å². The van der Waals surface area contributed by atoms with Crippen molar-refractivity contribution in [2.24, 2.45) is 11.3 Å². The first-order valence-electron chi connectivity index (χ1n) is 4.69. The van der Waals surface area contributed by atoms with Crippen LogP contribution in [0.15, 0.2) is 0 Å². The second kappa shape index (κ2) is 4.24. The zero-order valence-electron chi connectivity index (χ0n) is 9.18. The minimum atomic E-state index is -0.421. The van der Waals surface area contributed by atoms with E-state index in [1.807, 2.05) is 20.8 Å². The highest BCUT2D eigenvalue weighted by Gasteiger charge is 2.23. The van der Waals surface area contributed by atoms with Crippen LogP contribution < -0.4 is 5.32 Å². The predicted molar refractivity (Wildman–Crippen MR) is 52.9 cm³/mol. The van der Waals surface area contributed by atoms with Gasteiger partial charge < -0.3 is 5.11 Å². The molecule has 12 heavy (non-hydrogen) atoms. The quantitative estimate of drug-likeness (QED) is 0.640. The maximum Gasteiger partial charge on any atom is 0.109 e. The molecule has 0 aliphatic carbocycles. The Labute approximate surface area is 76.4 Å². The maximum atomic E-state index is 9.69. The molecule has 0 aliphatic heterocycles. The Morgan fingerprint density at radius 3 is 1.75 bits per heavy atom. The fourth-order valence-electron chi connectivity index (χ4n) is 0.691. The lowest BCUT2D eigenvalue weighted by atomic mass is 9.93. The Morgan fingerprint density at radius 2 is 1.50 bits per heavy atom. The van der Waals surface area contributed by atoms with E-state index in [0.29, 0.717) is 12.0 Å². The standard InChI is InChI=1S/C10H23NO/c1-7(2)8(3)11-9(12)10(4,5)6/h7-9,11-12H,1-6H3. The van der Waals surface area contributed by atoms with E-state index in [9.17, 15) is 5.11 Å². The van der Waals surface area contributed by atoms with Gasteiger partial charge in [0.2, 0.25) is 0 Å². The molecule has 2 N–H and O–H groups in total. The second-order valence-electron chi connectivity index (χ2n) is 4.97. The first kappa shape index (κ1) is 11.9. The molecule has 0 aromatic carbocycles. The van der Waals surface area contributed by atoms with E-state index >= 15 is 0 Å². The van der Waals surface area contributed by atoms with Crippen LogP contribution in [0.1, 0.15) is 41.5 Å². The SMILES string of the molecule is CC(C)C(C)NC(O)C(C)(C)C. The summed E-state index contributed by atoms with van der Waals surface area (Å²) >= 11 is 0. The van der Waals surface area contributed by atoms with Crippen LogP contribution in [0.3, 0.4) is 0 Å². The molecule has 0 fully saturated rings. The van der Waals surface area contributed by atoms with Gasteiger partial charge in [0.25, 0.3) is 0 Å². The third-order valence-electron chi connectivity index (χ3n) is 2.24. The first-order chi connectivity index (χ1) is 5.25. The molecule has 0 aromatic heterocycles. The van der Waals surface area contributed by atoms with Gasteiger partial charge in [-0.05, 0) is 12.8 Å². The highest BCUT2D eigenvalue weighted by atomic mass is 16.3. The van der Waals surface area contributed by atoms with E-state index in [4.69, 9.17) is 0 Å². The van der Waals surface area contributed by atoms with Crippen molar-refractivity contribution in [1.29, 1.82) is 0 Å². The summed E-state index contributed by atoms with van der Waals surface area (Å²) in [6, 6.07) is 0.360. The van der Waals surface area contributed by atoms with Crippen molar-refractivity contribution in [3.63, 3.8) is 0 Å². The number of nitrogens with one attached hydrogen (secondary N) is 1. The fraction of sp³-hybridized carbons (Fsp3) is 1.00. The second-order valence-corrected chi connectivity index (χ2v) is 4.97. The molecule has 0 aliphatic rings. The van der Waals surface area contributed by atoms with Crippen molar-refractivity contribution in [2.75, 3.05) is 0 Å². The Morgan fingerprint density at radius 1 is 1.08 bits per heavy atom. The topological polar surface area (TPSA) is 32.3 Å². The minimum absolute atomic E-state index is 0.0802. The highest BCUT2D eigenvalue weighted by molar-refractivity contribution is 4.75. The average Bonchev–Trinajstić information content (AvgIpc) is 1.85. The summed E-state index contributed by atoms with van der Waals surface area (Å²) < 4.78 is 0. The molecule has 0 spiro atoms. The summed E-state index contributed by atoms with van der Waals surface area (Å²) in [6.45, 7) is 12.5. The van der Waals surface area contributed by atoms with Crippen LogP contribution in [0, 0.1) is 11.3 Å². The van der Waals surface area contributed by atoms with Crippen LogP contribution >= 0.6 is 0 Å². The number of hydrogen-bond acceptors (Lipinski definition) is 2. The fourth-order valence-corrected chi connectivity index (χ4v) is 0.691. The lowest BCUT2D eigenvalue weighted by Gasteiger charge is -2.31. The lowest BCUT2D eigenvalue weighted by Crippen LogP contribution is -2.46. The molecule has 0 rings (SSSR count). The van der Waals surface area contributed by atoms with Gasteiger partial charge in [-0.15, -0.1) is 0 Å². The van der Waals surface area contributed by atoms with Crippen LogP contribution in [0.4, 0.5) is 0 Å². The Kier molecular flexibility index (Phi) is 4.21. The molecule has 0 aromatic rings. The van der Waals surface area contributed by atoms with Crippen LogP contribution in [-0.4, -0.2) is 17.4 Å². The predicted octanol–water partition coefficient (Wildman–Crippen LogP) is 1.98. The zero-order valence-corrected chi connectivity index (χ0v) is 9.18. The van der Waals surface area contributed by atoms with E-state index in [0.717, 1.165) is 0 Å². The van der Waals surface area contributed by atoms with E-state index in [1.54, 1.807) is 0 Å². The van der Waals surface area contributed by atoms with Crippen molar-refractivity contribution < 1.29 is 5.11 Å². The molecule has 2 nitrogen and oxygen atoms in total. The van der Waals surface area contributed by atoms with E-state index in [-0.39, 0.29) is 5.41 Å². The van der Waals surface area contributed by atoms with Crippen molar-refractivity contribution in [3.05, 3.63) is 0 Å². The first-order valence-corrected chi connectivity index (χ1v) is 4.69. The average molecular weight is 173 g/mol. The van der Waals surface area contributed by atoms with Gasteiger partial charge in [-0.2, -0.15) is 0 Å². The number of hydrogen-bond donors (Lipinski definition) is 2. The summed E-state index contributed by atoms with van der Waals surface area (Å²) in [6.07, 6.45) is -0.421. The molecule has 0 saturated heterocycles. The van der Waals surface area contributed by atoms with Gasteiger partial charge in [0.05, 0.1) is 0 Å². The number of aliphatic hydroxyl groups excluding tert-OH is 1. The molecule has 0 amide bonds. The summed E-state index contributed by atoms with van der Waals surface area (Å²) in [4.78, 5) is 0. The molecule has 0 radical (unpaired) electrons. The zero-order chi connectivity index (χ0) is 9.94. The summed E-state index contributed by atoms with van der Waals surface area (Å²) in [5.74, 6) is 0.557. The molecule has 2 heteroatoms. The number of rotatable bonds is 3. The largest absolute Gasteiger partial charge is 0.378 e. The summed E-state index contributed by atoms with van der Waals surface area (Å²) in [7, 11) is 0. The maximum absolute atomic E-state index is 9.69. The van der Waals surface area contributed by atoms with Gasteiger partial charge in [0.15, 0.2) is 0 Å². The highest BCUT2D eigenvalue weighted by Crippen LogP contribution is 2.18. The van der Waals surface area contributed by atoms with Gasteiger partial charge in [0.1, 0.15) is 6.23 Å². The summed E-state index contributed by atoms with van der Waals surface area (Å²) in [5, 5.41) is 12.9. The molecule has 0 heterocycles. The molecular formula is C10H23NO. The van der Waals surface area contributed by atoms with E-state index < -0.39 is 6.23 Å². The van der Waals surface area contributed by atoms with E-state index in [2.05, 4.69) is 26.1 Å². The molecule has 2 atom stereocenters. The van der Waals surface area contributed by atoms with Gasteiger partial charge >= 0.3 is 0 Å². The normalized spacial score (nSPS) is 18.0. The molecule has 0 bridgehead atoms. The third-order valence-corrected chi connectivity index (χ3v) is 2.24. The van der Waals surface area contributed by atoms with Crippen molar-refractivity contribution in [3.8, 4) is 0 Å². The molecule has 74 valence electrons. The van der Waals surface area contributed by atoms with Crippen LogP contribution in [0.2, 0.25) is 0 Å². The van der Waals surface area contributed by atoms with Gasteiger partial charge in [-0.1, -0.05) is 34.6 Å². The van der Waals surface area contributed by atoms with Crippen molar-refractivity contribution in [2.45, 2.75) is 53.8 Å². The van der Waals surface area contributed by atoms with E-state index in [1.165, 1.54) is 0 Å². The lowest BCUT2D eigenvalue weighted by molar-refractivity contribution is 0.0200. The van der Waals surface area contributed by atoms with Crippen molar-refractivity contribution >= 4 is 0 Å². The van der Waals surface area contributed by atoms with Crippen LogP contribution in [-0.2, 0) is 0 Å². The Balaban J connectivity index is 3.93.